The van der Waals surface area contributed by atoms with Crippen LogP contribution in [0.1, 0.15) is 297 Å². The molecule has 0 N–H and O–H groups in total. The van der Waals surface area contributed by atoms with Crippen molar-refractivity contribution >= 4 is 17.9 Å². The number of unbranched alkanes of at least 4 members (excludes halogenated alkanes) is 29. The summed E-state index contributed by atoms with van der Waals surface area (Å²) in [4.78, 5) is 38.2. The molecule has 0 aliphatic carbocycles. The van der Waals surface area contributed by atoms with Crippen molar-refractivity contribution in [2.45, 2.75) is 303 Å². The number of esters is 3. The van der Waals surface area contributed by atoms with Crippen molar-refractivity contribution in [1.82, 2.24) is 0 Å². The third kappa shape index (κ3) is 59.2. The molecule has 0 spiro atoms. The highest BCUT2D eigenvalue weighted by atomic mass is 16.6. The maximum atomic E-state index is 12.9. The van der Waals surface area contributed by atoms with E-state index in [9.17, 15) is 14.4 Å². The summed E-state index contributed by atoms with van der Waals surface area (Å²) < 4.78 is 16.8. The van der Waals surface area contributed by atoms with Gasteiger partial charge >= 0.3 is 17.9 Å². The van der Waals surface area contributed by atoms with Crippen LogP contribution in [0.15, 0.2) is 97.2 Å². The lowest BCUT2D eigenvalue weighted by Gasteiger charge is -2.18. The predicted molar refractivity (Wildman–Crippen MR) is 320 cm³/mol. The van der Waals surface area contributed by atoms with E-state index < -0.39 is 12.1 Å². The monoisotopic (exact) mass is 1030 g/mol. The fourth-order valence-corrected chi connectivity index (χ4v) is 8.68. The molecule has 0 rings (SSSR count). The molecule has 0 fully saturated rings. The summed E-state index contributed by atoms with van der Waals surface area (Å²) >= 11 is 0. The van der Waals surface area contributed by atoms with Crippen LogP contribution in [0.4, 0.5) is 0 Å². The molecule has 0 aromatic carbocycles. The quantitative estimate of drug-likeness (QED) is 0.0261. The fraction of sp³-hybridized carbons (Fsp3) is 0.721. The van der Waals surface area contributed by atoms with Crippen LogP contribution >= 0.6 is 0 Å². The molecule has 0 saturated carbocycles. The van der Waals surface area contributed by atoms with Gasteiger partial charge in [-0.3, -0.25) is 14.4 Å². The highest BCUT2D eigenvalue weighted by Crippen LogP contribution is 2.16. The van der Waals surface area contributed by atoms with E-state index in [4.69, 9.17) is 14.2 Å². The van der Waals surface area contributed by atoms with E-state index in [-0.39, 0.29) is 31.6 Å². The van der Waals surface area contributed by atoms with Gasteiger partial charge in [-0.2, -0.15) is 0 Å². The fourth-order valence-electron chi connectivity index (χ4n) is 8.68. The second kappa shape index (κ2) is 61.9. The van der Waals surface area contributed by atoms with Crippen LogP contribution in [0, 0.1) is 0 Å². The molecule has 6 nitrogen and oxygen atoms in total. The molecule has 0 heterocycles. The van der Waals surface area contributed by atoms with Crippen molar-refractivity contribution in [3.63, 3.8) is 0 Å². The van der Waals surface area contributed by atoms with Gasteiger partial charge in [0.05, 0.1) is 0 Å². The number of carbonyl (C=O) groups excluding carboxylic acids is 3. The highest BCUT2D eigenvalue weighted by Gasteiger charge is 2.19. The van der Waals surface area contributed by atoms with Crippen LogP contribution in [-0.4, -0.2) is 37.2 Å². The van der Waals surface area contributed by atoms with Gasteiger partial charge in [0.2, 0.25) is 0 Å². The molecule has 0 bridgehead atoms. The Morgan fingerprint density at radius 1 is 0.284 bits per heavy atom. The minimum atomic E-state index is -0.824. The lowest BCUT2D eigenvalue weighted by Crippen LogP contribution is -2.30. The summed E-state index contributed by atoms with van der Waals surface area (Å²) in [6.45, 7) is 6.47. The van der Waals surface area contributed by atoms with Gasteiger partial charge in [-0.05, 0) is 89.9 Å². The van der Waals surface area contributed by atoms with E-state index in [0.717, 1.165) is 103 Å². The molecule has 1 unspecified atom stereocenters. The topological polar surface area (TPSA) is 78.9 Å². The van der Waals surface area contributed by atoms with E-state index in [1.807, 2.05) is 6.08 Å². The Balaban J connectivity index is 4.47. The molecule has 6 heteroatoms. The largest absolute Gasteiger partial charge is 0.462 e. The van der Waals surface area contributed by atoms with Crippen molar-refractivity contribution in [2.24, 2.45) is 0 Å². The smallest absolute Gasteiger partial charge is 0.306 e. The Morgan fingerprint density at radius 2 is 0.554 bits per heavy atom. The minimum Gasteiger partial charge on any atom is -0.462 e. The molecule has 0 aromatic heterocycles. The number of carbonyl (C=O) groups is 3. The van der Waals surface area contributed by atoms with Crippen LogP contribution in [0.2, 0.25) is 0 Å². The second-order valence-electron chi connectivity index (χ2n) is 20.6. The van der Waals surface area contributed by atoms with E-state index in [1.54, 1.807) is 0 Å². The van der Waals surface area contributed by atoms with Gasteiger partial charge < -0.3 is 14.2 Å². The summed E-state index contributed by atoms with van der Waals surface area (Å²) in [5.74, 6) is -1.000. The molecule has 1 atom stereocenters. The van der Waals surface area contributed by atoms with Crippen LogP contribution in [0.5, 0.6) is 0 Å². The van der Waals surface area contributed by atoms with Gasteiger partial charge in [0.1, 0.15) is 13.2 Å². The van der Waals surface area contributed by atoms with E-state index in [1.165, 1.54) is 148 Å². The van der Waals surface area contributed by atoms with Crippen molar-refractivity contribution in [1.29, 1.82) is 0 Å². The van der Waals surface area contributed by atoms with E-state index in [2.05, 4.69) is 112 Å². The van der Waals surface area contributed by atoms with Gasteiger partial charge in [0.15, 0.2) is 6.10 Å². The van der Waals surface area contributed by atoms with Crippen LogP contribution < -0.4 is 0 Å². The molecule has 74 heavy (non-hydrogen) atoms. The van der Waals surface area contributed by atoms with Gasteiger partial charge in [-0.25, -0.2) is 0 Å². The molecule has 0 radical (unpaired) electrons. The molecule has 0 amide bonds. The predicted octanol–water partition coefficient (Wildman–Crippen LogP) is 21.3. The first-order chi connectivity index (χ1) is 36.5. The average molecular weight is 1030 g/mol. The molecule has 0 saturated heterocycles. The Bertz CT molecular complexity index is 1460. The lowest BCUT2D eigenvalue weighted by molar-refractivity contribution is -0.166. The van der Waals surface area contributed by atoms with Crippen LogP contribution in [-0.2, 0) is 28.6 Å². The Labute approximate surface area is 457 Å². The molecule has 0 aliphatic rings. The number of rotatable bonds is 56. The second-order valence-corrected chi connectivity index (χ2v) is 20.6. The third-order valence-electron chi connectivity index (χ3n) is 13.3. The van der Waals surface area contributed by atoms with Gasteiger partial charge in [-0.15, -0.1) is 0 Å². The molecule has 0 aromatic rings. The lowest BCUT2D eigenvalue weighted by atomic mass is 10.0. The SMILES string of the molecule is CC/C=C\C/C=C\C/C=C\C/C=C\C/C=C\C/C=C\CCC(=O)OC(COC(=O)CCCCCCC/C=C\C/C=C\CCCCCC)COC(=O)CCCCCCCCCCCCCCCCCCCCCCC. The first-order valence-corrected chi connectivity index (χ1v) is 31.2. The summed E-state index contributed by atoms with van der Waals surface area (Å²) in [7, 11) is 0. The zero-order valence-electron chi connectivity index (χ0n) is 48.6. The number of hydrogen-bond donors (Lipinski definition) is 0. The standard InChI is InChI=1S/C68H116O6/c1-4-7-10-13-16-19-22-25-28-31-33-34-36-37-40-43-46-49-52-55-58-61-67(70)73-64-65(63-72-66(69)60-57-54-51-48-45-42-39-30-27-24-21-18-15-12-9-6-3)74-68(71)62-59-56-53-50-47-44-41-38-35-32-29-26-23-20-17-14-11-8-5-2/h8,11,17,20-21,24,26,29-30,35,38-39,44,47,53,56,65H,4-7,9-10,12-16,18-19,22-23,25,27-28,31-34,36-37,40-43,45-46,48-52,54-55,57-64H2,1-3H3/b11-8-,20-17-,24-21-,29-26-,38-35-,39-30-,47-44-,56-53-. The minimum absolute atomic E-state index is 0.110. The summed E-state index contributed by atoms with van der Waals surface area (Å²) in [6.07, 6.45) is 82.8. The normalized spacial score (nSPS) is 12.7. The number of ether oxygens (including phenoxy) is 3. The summed E-state index contributed by atoms with van der Waals surface area (Å²) in [5, 5.41) is 0. The van der Waals surface area contributed by atoms with Crippen molar-refractivity contribution < 1.29 is 28.6 Å². The maximum absolute atomic E-state index is 12.9. The van der Waals surface area contributed by atoms with Gasteiger partial charge in [0, 0.05) is 19.3 Å². The summed E-state index contributed by atoms with van der Waals surface area (Å²) in [5.41, 5.74) is 0. The average Bonchev–Trinajstić information content (AvgIpc) is 3.40. The first-order valence-electron chi connectivity index (χ1n) is 31.2. The maximum Gasteiger partial charge on any atom is 0.306 e. The van der Waals surface area contributed by atoms with Crippen LogP contribution in [0.3, 0.4) is 0 Å². The number of allylic oxidation sites excluding steroid dienone is 16. The molecule has 0 aliphatic heterocycles. The van der Waals surface area contributed by atoms with Crippen molar-refractivity contribution in [3.8, 4) is 0 Å². The molecule has 424 valence electrons. The Hall–Kier alpha value is -3.67. The first kappa shape index (κ1) is 70.3. The van der Waals surface area contributed by atoms with Crippen molar-refractivity contribution in [3.05, 3.63) is 97.2 Å². The third-order valence-corrected chi connectivity index (χ3v) is 13.3. The highest BCUT2D eigenvalue weighted by molar-refractivity contribution is 5.71. The summed E-state index contributed by atoms with van der Waals surface area (Å²) in [6, 6.07) is 0. The van der Waals surface area contributed by atoms with E-state index in [0.29, 0.717) is 19.3 Å². The van der Waals surface area contributed by atoms with Gasteiger partial charge in [-0.1, -0.05) is 285 Å². The van der Waals surface area contributed by atoms with Crippen LogP contribution in [0.25, 0.3) is 0 Å². The van der Waals surface area contributed by atoms with E-state index >= 15 is 0 Å². The van der Waals surface area contributed by atoms with Crippen molar-refractivity contribution in [2.75, 3.05) is 13.2 Å². The number of hydrogen-bond acceptors (Lipinski definition) is 6. The zero-order chi connectivity index (χ0) is 53.6. The van der Waals surface area contributed by atoms with Gasteiger partial charge in [0.25, 0.3) is 0 Å². The Morgan fingerprint density at radius 3 is 0.892 bits per heavy atom. The zero-order valence-corrected chi connectivity index (χ0v) is 48.6. The molecular formula is C68H116O6. The Kier molecular flexibility index (Phi) is 58.8. The molecular weight excluding hydrogens is 913 g/mol.